The molecule has 0 aromatic heterocycles. The van der Waals surface area contributed by atoms with Crippen LogP contribution in [0.5, 0.6) is 0 Å². The average molecular weight is 329 g/mol. The summed E-state index contributed by atoms with van der Waals surface area (Å²) in [6.07, 6.45) is 0.0592. The summed E-state index contributed by atoms with van der Waals surface area (Å²) in [6, 6.07) is 10.4. The van der Waals surface area contributed by atoms with Crippen LogP contribution in [0.4, 0.5) is 8.78 Å². The maximum absolute atomic E-state index is 13.6. The number of carbonyl (C=O) groups excluding carboxylic acids is 2. The van der Waals surface area contributed by atoms with Crippen LogP contribution in [0.15, 0.2) is 42.5 Å². The van der Waals surface area contributed by atoms with Crippen LogP contribution in [0.2, 0.25) is 0 Å². The molecule has 2 rings (SSSR count). The first-order chi connectivity index (χ1) is 11.4. The number of nitriles is 1. The molecule has 0 fully saturated rings. The largest absolute Gasteiger partial charge is 0.368 e. The standard InChI is InChI=1S/C17H13F2N3O2/c18-13-3-1-2-12(15(13)19)17(24)22-14(16(21)23)8-10-4-6-11(9-20)7-5-10/h1-7,14H,8H2,(H2,21,23)(H,22,24)/t14-/m0/s1. The zero-order valence-corrected chi connectivity index (χ0v) is 12.4. The van der Waals surface area contributed by atoms with Crippen molar-refractivity contribution in [2.75, 3.05) is 0 Å². The predicted molar refractivity (Wildman–Crippen MR) is 81.7 cm³/mol. The van der Waals surface area contributed by atoms with E-state index in [9.17, 15) is 18.4 Å². The second-order valence-corrected chi connectivity index (χ2v) is 5.04. The SMILES string of the molecule is N#Cc1ccc(C[C@H](NC(=O)c2cccc(F)c2F)C(N)=O)cc1. The molecule has 5 nitrogen and oxygen atoms in total. The van der Waals surface area contributed by atoms with Gasteiger partial charge in [-0.05, 0) is 29.8 Å². The summed E-state index contributed by atoms with van der Waals surface area (Å²) in [4.78, 5) is 23.6. The van der Waals surface area contributed by atoms with Crippen molar-refractivity contribution in [2.24, 2.45) is 5.73 Å². The first kappa shape index (κ1) is 17.1. The van der Waals surface area contributed by atoms with Gasteiger partial charge in [-0.2, -0.15) is 5.26 Å². The maximum Gasteiger partial charge on any atom is 0.255 e. The number of nitrogens with one attached hydrogen (secondary N) is 1. The summed E-state index contributed by atoms with van der Waals surface area (Å²) in [5.74, 6) is -4.21. The van der Waals surface area contributed by atoms with Crippen LogP contribution >= 0.6 is 0 Å². The van der Waals surface area contributed by atoms with Gasteiger partial charge in [0.15, 0.2) is 11.6 Å². The average Bonchev–Trinajstić information content (AvgIpc) is 2.57. The molecular formula is C17H13F2N3O2. The number of benzene rings is 2. The van der Waals surface area contributed by atoms with Gasteiger partial charge in [0.2, 0.25) is 5.91 Å². The Labute approximate surface area is 136 Å². The van der Waals surface area contributed by atoms with Crippen molar-refractivity contribution in [1.29, 1.82) is 5.26 Å². The van der Waals surface area contributed by atoms with E-state index >= 15 is 0 Å². The molecule has 0 saturated carbocycles. The van der Waals surface area contributed by atoms with Crippen molar-refractivity contribution in [1.82, 2.24) is 5.32 Å². The normalized spacial score (nSPS) is 11.4. The van der Waals surface area contributed by atoms with Crippen molar-refractivity contribution in [2.45, 2.75) is 12.5 Å². The monoisotopic (exact) mass is 329 g/mol. The van der Waals surface area contributed by atoms with Crippen molar-refractivity contribution in [3.05, 3.63) is 70.8 Å². The van der Waals surface area contributed by atoms with Gasteiger partial charge in [0.05, 0.1) is 17.2 Å². The minimum absolute atomic E-state index is 0.0592. The number of hydrogen-bond donors (Lipinski definition) is 2. The Hall–Kier alpha value is -3.27. The zero-order chi connectivity index (χ0) is 17.7. The Balaban J connectivity index is 2.16. The van der Waals surface area contributed by atoms with Crippen LogP contribution in [0.1, 0.15) is 21.5 Å². The predicted octanol–water partition coefficient (Wildman–Crippen LogP) is 1.66. The van der Waals surface area contributed by atoms with E-state index in [4.69, 9.17) is 11.0 Å². The number of amides is 2. The molecule has 2 amide bonds. The topological polar surface area (TPSA) is 96.0 Å². The number of carbonyl (C=O) groups is 2. The molecule has 0 unspecified atom stereocenters. The molecule has 7 heteroatoms. The minimum Gasteiger partial charge on any atom is -0.368 e. The molecule has 0 aliphatic carbocycles. The fraction of sp³-hybridized carbons (Fsp3) is 0.118. The lowest BCUT2D eigenvalue weighted by molar-refractivity contribution is -0.119. The Morgan fingerprint density at radius 3 is 2.42 bits per heavy atom. The second kappa shape index (κ2) is 7.33. The molecule has 0 aliphatic heterocycles. The van der Waals surface area contributed by atoms with Crippen LogP contribution in [0.25, 0.3) is 0 Å². The summed E-state index contributed by atoms with van der Waals surface area (Å²) in [5.41, 5.74) is 5.84. The fourth-order valence-corrected chi connectivity index (χ4v) is 2.09. The second-order valence-electron chi connectivity index (χ2n) is 5.04. The van der Waals surface area contributed by atoms with E-state index < -0.39 is 35.1 Å². The van der Waals surface area contributed by atoms with Crippen molar-refractivity contribution in [3.8, 4) is 6.07 Å². The fourth-order valence-electron chi connectivity index (χ4n) is 2.09. The van der Waals surface area contributed by atoms with Crippen LogP contribution in [0, 0.1) is 23.0 Å². The first-order valence-electron chi connectivity index (χ1n) is 6.95. The number of nitrogens with zero attached hydrogens (tertiary/aromatic N) is 1. The molecule has 0 aliphatic rings. The number of rotatable bonds is 5. The highest BCUT2D eigenvalue weighted by Gasteiger charge is 2.22. The van der Waals surface area contributed by atoms with Crippen LogP contribution in [-0.4, -0.2) is 17.9 Å². The molecule has 122 valence electrons. The number of nitrogens with two attached hydrogens (primary N) is 1. The van der Waals surface area contributed by atoms with Crippen molar-refractivity contribution < 1.29 is 18.4 Å². The lowest BCUT2D eigenvalue weighted by Gasteiger charge is -2.16. The highest BCUT2D eigenvalue weighted by atomic mass is 19.2. The highest BCUT2D eigenvalue weighted by Crippen LogP contribution is 2.12. The van der Waals surface area contributed by atoms with Gasteiger partial charge in [0, 0.05) is 6.42 Å². The van der Waals surface area contributed by atoms with E-state index in [-0.39, 0.29) is 6.42 Å². The van der Waals surface area contributed by atoms with Gasteiger partial charge < -0.3 is 11.1 Å². The smallest absolute Gasteiger partial charge is 0.255 e. The number of halogens is 2. The highest BCUT2D eigenvalue weighted by molar-refractivity contribution is 5.97. The Kier molecular flexibility index (Phi) is 5.22. The van der Waals surface area contributed by atoms with E-state index in [1.54, 1.807) is 24.3 Å². The Morgan fingerprint density at radius 1 is 1.17 bits per heavy atom. The minimum atomic E-state index is -1.29. The molecule has 0 heterocycles. The van der Waals surface area contributed by atoms with E-state index in [1.807, 2.05) is 6.07 Å². The van der Waals surface area contributed by atoms with Crippen LogP contribution in [0.3, 0.4) is 0 Å². The lowest BCUT2D eigenvalue weighted by Crippen LogP contribution is -2.46. The van der Waals surface area contributed by atoms with Gasteiger partial charge in [0.1, 0.15) is 6.04 Å². The van der Waals surface area contributed by atoms with Crippen molar-refractivity contribution >= 4 is 11.8 Å². The van der Waals surface area contributed by atoms with E-state index in [1.165, 1.54) is 6.07 Å². The molecule has 3 N–H and O–H groups in total. The summed E-state index contributed by atoms with van der Waals surface area (Å²) < 4.78 is 26.8. The van der Waals surface area contributed by atoms with Gasteiger partial charge in [-0.1, -0.05) is 18.2 Å². The quantitative estimate of drug-likeness (QED) is 0.873. The third-order valence-corrected chi connectivity index (χ3v) is 3.37. The molecule has 24 heavy (non-hydrogen) atoms. The molecule has 0 bridgehead atoms. The zero-order valence-electron chi connectivity index (χ0n) is 12.4. The van der Waals surface area contributed by atoms with Gasteiger partial charge >= 0.3 is 0 Å². The maximum atomic E-state index is 13.6. The van der Waals surface area contributed by atoms with Gasteiger partial charge in [0.25, 0.3) is 5.91 Å². The van der Waals surface area contributed by atoms with E-state index in [2.05, 4.69) is 5.32 Å². The molecule has 0 radical (unpaired) electrons. The molecule has 0 spiro atoms. The van der Waals surface area contributed by atoms with Crippen molar-refractivity contribution in [3.63, 3.8) is 0 Å². The molecule has 2 aromatic carbocycles. The van der Waals surface area contributed by atoms with Gasteiger partial charge in [-0.25, -0.2) is 8.78 Å². The van der Waals surface area contributed by atoms with E-state index in [0.717, 1.165) is 12.1 Å². The summed E-state index contributed by atoms with van der Waals surface area (Å²) in [5, 5.41) is 11.0. The lowest BCUT2D eigenvalue weighted by atomic mass is 10.0. The number of hydrogen-bond acceptors (Lipinski definition) is 3. The molecule has 1 atom stereocenters. The third kappa shape index (κ3) is 3.93. The van der Waals surface area contributed by atoms with E-state index in [0.29, 0.717) is 11.1 Å². The molecule has 0 saturated heterocycles. The third-order valence-electron chi connectivity index (χ3n) is 3.37. The molecule has 2 aromatic rings. The molecular weight excluding hydrogens is 316 g/mol. The first-order valence-corrected chi connectivity index (χ1v) is 6.95. The number of primary amides is 1. The summed E-state index contributed by atoms with van der Waals surface area (Å²) in [6.45, 7) is 0. The van der Waals surface area contributed by atoms with Crippen LogP contribution < -0.4 is 11.1 Å². The Morgan fingerprint density at radius 2 is 1.83 bits per heavy atom. The summed E-state index contributed by atoms with van der Waals surface area (Å²) >= 11 is 0. The van der Waals surface area contributed by atoms with Crippen LogP contribution in [-0.2, 0) is 11.2 Å². The van der Waals surface area contributed by atoms with Gasteiger partial charge in [-0.15, -0.1) is 0 Å². The Bertz CT molecular complexity index is 814. The summed E-state index contributed by atoms with van der Waals surface area (Å²) in [7, 11) is 0. The van der Waals surface area contributed by atoms with Gasteiger partial charge in [-0.3, -0.25) is 9.59 Å².